The Hall–Kier alpha value is -0.0800. The fourth-order valence-corrected chi connectivity index (χ4v) is 1.11. The van der Waals surface area contributed by atoms with Gasteiger partial charge in [0.05, 0.1) is 11.2 Å². The Balaban J connectivity index is 4.02. The van der Waals surface area contributed by atoms with Crippen LogP contribution in [0.2, 0.25) is 0 Å². The molecule has 68 valence electrons. The largest absolute Gasteiger partial charge is 0.390 e. The van der Waals surface area contributed by atoms with Gasteiger partial charge in [-0.25, -0.2) is 0 Å². The topological polar surface area (TPSA) is 29.5 Å². The fraction of sp³-hybridized carbons (Fsp3) is 1.00. The van der Waals surface area contributed by atoms with Crippen LogP contribution in [0.5, 0.6) is 0 Å². The van der Waals surface area contributed by atoms with Crippen molar-refractivity contribution in [3.8, 4) is 0 Å². The van der Waals surface area contributed by atoms with Crippen molar-refractivity contribution in [1.82, 2.24) is 0 Å². The highest BCUT2D eigenvalue weighted by molar-refractivity contribution is 4.81. The molecule has 0 unspecified atom stereocenters. The van der Waals surface area contributed by atoms with Crippen LogP contribution in [-0.2, 0) is 4.74 Å². The van der Waals surface area contributed by atoms with Crippen molar-refractivity contribution in [2.24, 2.45) is 0 Å². The molecular formula is C9H20O2. The average Bonchev–Trinajstić information content (AvgIpc) is 1.86. The van der Waals surface area contributed by atoms with Crippen molar-refractivity contribution in [1.29, 1.82) is 0 Å². The third-order valence-corrected chi connectivity index (χ3v) is 2.12. The van der Waals surface area contributed by atoms with Crippen molar-refractivity contribution in [3.63, 3.8) is 0 Å². The van der Waals surface area contributed by atoms with E-state index in [1.165, 1.54) is 0 Å². The summed E-state index contributed by atoms with van der Waals surface area (Å²) in [6.07, 6.45) is 1.44. The van der Waals surface area contributed by atoms with E-state index in [1.807, 2.05) is 27.7 Å². The summed E-state index contributed by atoms with van der Waals surface area (Å²) in [6, 6.07) is 0. The molecule has 0 saturated carbocycles. The van der Waals surface area contributed by atoms with E-state index in [-0.39, 0.29) is 5.60 Å². The Morgan fingerprint density at radius 2 is 1.73 bits per heavy atom. The maximum atomic E-state index is 9.71. The third kappa shape index (κ3) is 4.38. The first kappa shape index (κ1) is 10.9. The van der Waals surface area contributed by atoms with E-state index < -0.39 is 5.60 Å². The lowest BCUT2D eigenvalue weighted by Gasteiger charge is -2.31. The molecule has 0 aromatic rings. The number of hydrogen-bond acceptors (Lipinski definition) is 2. The SMILES string of the molecule is CC[C@](C)(O)CC(C)(C)OC. The highest BCUT2D eigenvalue weighted by atomic mass is 16.5. The van der Waals surface area contributed by atoms with E-state index >= 15 is 0 Å². The van der Waals surface area contributed by atoms with Gasteiger partial charge in [-0.15, -0.1) is 0 Å². The first-order valence-electron chi connectivity index (χ1n) is 4.10. The summed E-state index contributed by atoms with van der Waals surface area (Å²) >= 11 is 0. The van der Waals surface area contributed by atoms with Crippen molar-refractivity contribution in [3.05, 3.63) is 0 Å². The molecule has 0 aromatic carbocycles. The molecule has 0 heterocycles. The predicted octanol–water partition coefficient (Wildman–Crippen LogP) is 1.96. The molecule has 1 N–H and O–H groups in total. The number of hydrogen-bond donors (Lipinski definition) is 1. The molecule has 2 nitrogen and oxygen atoms in total. The number of rotatable bonds is 4. The van der Waals surface area contributed by atoms with Gasteiger partial charge in [-0.3, -0.25) is 0 Å². The van der Waals surface area contributed by atoms with Crippen LogP contribution in [0.3, 0.4) is 0 Å². The van der Waals surface area contributed by atoms with Crippen LogP contribution in [0.4, 0.5) is 0 Å². The maximum absolute atomic E-state index is 9.71. The fourth-order valence-electron chi connectivity index (χ4n) is 1.11. The van der Waals surface area contributed by atoms with Crippen LogP contribution in [0.15, 0.2) is 0 Å². The lowest BCUT2D eigenvalue weighted by Crippen LogP contribution is -2.36. The van der Waals surface area contributed by atoms with Gasteiger partial charge in [0.2, 0.25) is 0 Å². The van der Waals surface area contributed by atoms with Crippen LogP contribution in [0, 0.1) is 0 Å². The molecule has 0 aliphatic rings. The minimum absolute atomic E-state index is 0.223. The van der Waals surface area contributed by atoms with E-state index in [9.17, 15) is 5.11 Å². The van der Waals surface area contributed by atoms with Crippen LogP contribution in [0.1, 0.15) is 40.5 Å². The van der Waals surface area contributed by atoms with Gasteiger partial charge in [0.25, 0.3) is 0 Å². The van der Waals surface area contributed by atoms with Gasteiger partial charge >= 0.3 is 0 Å². The molecule has 11 heavy (non-hydrogen) atoms. The molecule has 0 aliphatic carbocycles. The summed E-state index contributed by atoms with van der Waals surface area (Å²) in [6.45, 7) is 7.79. The van der Waals surface area contributed by atoms with E-state index in [0.717, 1.165) is 6.42 Å². The molecule has 0 fully saturated rings. The van der Waals surface area contributed by atoms with Gasteiger partial charge in [-0.2, -0.15) is 0 Å². The molecule has 0 amide bonds. The molecule has 0 aromatic heterocycles. The Labute approximate surface area is 69.6 Å². The minimum atomic E-state index is -0.598. The number of ether oxygens (including phenoxy) is 1. The number of aliphatic hydroxyl groups is 1. The molecular weight excluding hydrogens is 140 g/mol. The molecule has 0 aliphatic heterocycles. The summed E-state index contributed by atoms with van der Waals surface area (Å²) in [5, 5.41) is 9.71. The van der Waals surface area contributed by atoms with E-state index in [2.05, 4.69) is 0 Å². The lowest BCUT2D eigenvalue weighted by molar-refractivity contribution is -0.0599. The van der Waals surface area contributed by atoms with Gasteiger partial charge < -0.3 is 9.84 Å². The van der Waals surface area contributed by atoms with E-state index in [1.54, 1.807) is 7.11 Å². The van der Waals surface area contributed by atoms with E-state index in [4.69, 9.17) is 4.74 Å². The first-order chi connectivity index (χ1) is 4.83. The standard InChI is InChI=1S/C9H20O2/c1-6-9(4,10)7-8(2,3)11-5/h10H,6-7H2,1-5H3/t9-/m0/s1. The van der Waals surface area contributed by atoms with Gasteiger partial charge in [-0.1, -0.05) is 6.92 Å². The van der Waals surface area contributed by atoms with Crippen LogP contribution in [-0.4, -0.2) is 23.4 Å². The highest BCUT2D eigenvalue weighted by Crippen LogP contribution is 2.24. The second kappa shape index (κ2) is 3.55. The monoisotopic (exact) mass is 160 g/mol. The lowest BCUT2D eigenvalue weighted by atomic mass is 9.89. The van der Waals surface area contributed by atoms with Crippen molar-refractivity contribution >= 4 is 0 Å². The minimum Gasteiger partial charge on any atom is -0.390 e. The van der Waals surface area contributed by atoms with Crippen LogP contribution < -0.4 is 0 Å². The van der Waals surface area contributed by atoms with Crippen molar-refractivity contribution in [2.45, 2.75) is 51.7 Å². The first-order valence-corrected chi connectivity index (χ1v) is 4.10. The Kier molecular flexibility index (Phi) is 3.52. The molecule has 0 radical (unpaired) electrons. The van der Waals surface area contributed by atoms with Gasteiger partial charge in [-0.05, 0) is 27.2 Å². The summed E-state index contributed by atoms with van der Waals surface area (Å²) in [5.74, 6) is 0. The Morgan fingerprint density at radius 3 is 2.00 bits per heavy atom. The zero-order valence-electron chi connectivity index (χ0n) is 8.27. The van der Waals surface area contributed by atoms with Crippen molar-refractivity contribution < 1.29 is 9.84 Å². The summed E-state index contributed by atoms with van der Waals surface area (Å²) in [5.41, 5.74) is -0.820. The molecule has 1 atom stereocenters. The van der Waals surface area contributed by atoms with Crippen LogP contribution in [0.25, 0.3) is 0 Å². The van der Waals surface area contributed by atoms with Gasteiger partial charge in [0, 0.05) is 13.5 Å². The highest BCUT2D eigenvalue weighted by Gasteiger charge is 2.28. The predicted molar refractivity (Wildman–Crippen MR) is 46.6 cm³/mol. The Morgan fingerprint density at radius 1 is 1.27 bits per heavy atom. The van der Waals surface area contributed by atoms with Crippen LogP contribution >= 0.6 is 0 Å². The zero-order chi connectivity index (χ0) is 9.12. The normalized spacial score (nSPS) is 18.0. The van der Waals surface area contributed by atoms with E-state index in [0.29, 0.717) is 6.42 Å². The zero-order valence-corrected chi connectivity index (χ0v) is 8.27. The summed E-state index contributed by atoms with van der Waals surface area (Å²) in [7, 11) is 1.67. The molecule has 0 bridgehead atoms. The quantitative estimate of drug-likeness (QED) is 0.681. The van der Waals surface area contributed by atoms with Gasteiger partial charge in [0.1, 0.15) is 0 Å². The smallest absolute Gasteiger partial charge is 0.0650 e. The summed E-state index contributed by atoms with van der Waals surface area (Å²) in [4.78, 5) is 0. The van der Waals surface area contributed by atoms with Gasteiger partial charge in [0.15, 0.2) is 0 Å². The molecule has 0 rings (SSSR count). The second-order valence-corrected chi connectivity index (χ2v) is 3.99. The third-order valence-electron chi connectivity index (χ3n) is 2.12. The van der Waals surface area contributed by atoms with Crippen molar-refractivity contribution in [2.75, 3.05) is 7.11 Å². The molecule has 2 heteroatoms. The average molecular weight is 160 g/mol. The second-order valence-electron chi connectivity index (χ2n) is 3.99. The molecule has 0 saturated heterocycles. The number of methoxy groups -OCH3 is 1. The summed E-state index contributed by atoms with van der Waals surface area (Å²) < 4.78 is 5.22. The molecule has 0 spiro atoms. The Bertz CT molecular complexity index is 103. The maximum Gasteiger partial charge on any atom is 0.0650 e.